The number of carboxylic acid groups (broad SMARTS) is 1. The Bertz CT molecular complexity index is 436. The molecule has 0 unspecified atom stereocenters. The molecular formula is C6H8N2O4S2. The SMILES string of the molecule is Cc1cnc(NS(=O)(=O)CC(=O)O)s1. The molecule has 0 radical (unpaired) electrons. The number of carbonyl (C=O) groups is 1. The number of thiazole rings is 1. The fourth-order valence-electron chi connectivity index (χ4n) is 0.734. The second-order valence-electron chi connectivity index (χ2n) is 2.53. The first-order chi connectivity index (χ1) is 6.39. The van der Waals surface area contributed by atoms with E-state index in [1.165, 1.54) is 6.20 Å². The zero-order chi connectivity index (χ0) is 10.8. The van der Waals surface area contributed by atoms with Crippen LogP contribution >= 0.6 is 11.3 Å². The Balaban J connectivity index is 2.73. The third-order valence-electron chi connectivity index (χ3n) is 1.18. The molecule has 6 nitrogen and oxygen atoms in total. The Morgan fingerprint density at radius 2 is 2.36 bits per heavy atom. The number of anilines is 1. The first kappa shape index (κ1) is 10.9. The Morgan fingerprint density at radius 1 is 1.71 bits per heavy atom. The van der Waals surface area contributed by atoms with Gasteiger partial charge in [-0.3, -0.25) is 9.52 Å². The van der Waals surface area contributed by atoms with E-state index >= 15 is 0 Å². The highest BCUT2D eigenvalue weighted by Gasteiger charge is 2.16. The molecule has 0 aliphatic heterocycles. The van der Waals surface area contributed by atoms with E-state index in [1.807, 2.05) is 0 Å². The summed E-state index contributed by atoms with van der Waals surface area (Å²) in [5.41, 5.74) is 0. The van der Waals surface area contributed by atoms with Crippen LogP contribution in [0, 0.1) is 6.92 Å². The average molecular weight is 236 g/mol. The minimum Gasteiger partial charge on any atom is -0.480 e. The van der Waals surface area contributed by atoms with Crippen LogP contribution in [0.15, 0.2) is 6.20 Å². The number of hydrogen-bond donors (Lipinski definition) is 2. The summed E-state index contributed by atoms with van der Waals surface area (Å²) in [5.74, 6) is -2.35. The van der Waals surface area contributed by atoms with E-state index in [9.17, 15) is 13.2 Å². The predicted octanol–water partition coefficient (Wildman–Crippen LogP) is 0.278. The van der Waals surface area contributed by atoms with Gasteiger partial charge in [0.05, 0.1) is 0 Å². The largest absolute Gasteiger partial charge is 0.480 e. The van der Waals surface area contributed by atoms with E-state index in [-0.39, 0.29) is 5.13 Å². The van der Waals surface area contributed by atoms with Gasteiger partial charge < -0.3 is 5.11 Å². The monoisotopic (exact) mass is 236 g/mol. The number of sulfonamides is 1. The summed E-state index contributed by atoms with van der Waals surface area (Å²) in [5, 5.41) is 8.48. The van der Waals surface area contributed by atoms with Crippen molar-refractivity contribution >= 4 is 32.5 Å². The van der Waals surface area contributed by atoms with Gasteiger partial charge in [-0.1, -0.05) is 0 Å². The van der Waals surface area contributed by atoms with Crippen molar-refractivity contribution in [1.82, 2.24) is 4.98 Å². The lowest BCUT2D eigenvalue weighted by Gasteiger charge is -2.00. The summed E-state index contributed by atoms with van der Waals surface area (Å²) in [4.78, 5) is 14.8. The Hall–Kier alpha value is -1.15. The third-order valence-corrected chi connectivity index (χ3v) is 3.27. The van der Waals surface area contributed by atoms with Gasteiger partial charge in [0, 0.05) is 11.1 Å². The maximum atomic E-state index is 11.1. The first-order valence-electron chi connectivity index (χ1n) is 3.54. The maximum Gasteiger partial charge on any atom is 0.320 e. The lowest BCUT2D eigenvalue weighted by Crippen LogP contribution is -2.22. The maximum absolute atomic E-state index is 11.1. The lowest BCUT2D eigenvalue weighted by molar-refractivity contribution is -0.134. The number of aliphatic carboxylic acids is 1. The van der Waals surface area contributed by atoms with Gasteiger partial charge in [-0.05, 0) is 6.92 Å². The fraction of sp³-hybridized carbons (Fsp3) is 0.333. The average Bonchev–Trinajstić information content (AvgIpc) is 2.30. The summed E-state index contributed by atoms with van der Waals surface area (Å²) < 4.78 is 24.3. The summed E-state index contributed by atoms with van der Waals surface area (Å²) in [6, 6.07) is 0. The molecule has 0 saturated carbocycles. The van der Waals surface area contributed by atoms with Crippen LogP contribution in [0.1, 0.15) is 4.88 Å². The van der Waals surface area contributed by atoms with E-state index in [0.29, 0.717) is 0 Å². The van der Waals surface area contributed by atoms with E-state index in [2.05, 4.69) is 9.71 Å². The molecule has 14 heavy (non-hydrogen) atoms. The van der Waals surface area contributed by atoms with Crippen molar-refractivity contribution in [1.29, 1.82) is 0 Å². The predicted molar refractivity (Wildman–Crippen MR) is 51.9 cm³/mol. The zero-order valence-electron chi connectivity index (χ0n) is 7.22. The molecular weight excluding hydrogens is 228 g/mol. The summed E-state index contributed by atoms with van der Waals surface area (Å²) >= 11 is 1.15. The second kappa shape index (κ2) is 3.93. The van der Waals surface area contributed by atoms with E-state index in [0.717, 1.165) is 16.2 Å². The molecule has 78 valence electrons. The normalized spacial score (nSPS) is 11.2. The molecule has 0 bridgehead atoms. The number of aryl methyl sites for hydroxylation is 1. The van der Waals surface area contributed by atoms with Crippen molar-refractivity contribution in [3.63, 3.8) is 0 Å². The second-order valence-corrected chi connectivity index (χ2v) is 5.49. The highest BCUT2D eigenvalue weighted by atomic mass is 32.2. The molecule has 2 N–H and O–H groups in total. The molecule has 0 atom stereocenters. The molecule has 0 saturated heterocycles. The molecule has 0 spiro atoms. The van der Waals surface area contributed by atoms with Gasteiger partial charge in [0.15, 0.2) is 10.9 Å². The number of aromatic nitrogens is 1. The van der Waals surface area contributed by atoms with Gasteiger partial charge in [0.1, 0.15) is 0 Å². The van der Waals surface area contributed by atoms with Gasteiger partial charge in [0.2, 0.25) is 10.0 Å². The summed E-state index contributed by atoms with van der Waals surface area (Å²) in [6.45, 7) is 1.77. The fourth-order valence-corrected chi connectivity index (χ4v) is 2.51. The first-order valence-corrected chi connectivity index (χ1v) is 6.00. The Kier molecular flexibility index (Phi) is 3.06. The van der Waals surface area contributed by atoms with E-state index in [1.54, 1.807) is 6.92 Å². The van der Waals surface area contributed by atoms with Crippen LogP contribution in [0.3, 0.4) is 0 Å². The molecule has 0 amide bonds. The highest BCUT2D eigenvalue weighted by molar-refractivity contribution is 7.93. The minimum atomic E-state index is -3.82. The molecule has 0 aliphatic carbocycles. The number of hydrogen-bond acceptors (Lipinski definition) is 5. The van der Waals surface area contributed by atoms with Crippen LogP contribution in [0.5, 0.6) is 0 Å². The minimum absolute atomic E-state index is 0.184. The topological polar surface area (TPSA) is 96.4 Å². The molecule has 1 aromatic heterocycles. The van der Waals surface area contributed by atoms with Crippen LogP contribution in [0.4, 0.5) is 5.13 Å². The van der Waals surface area contributed by atoms with Crippen LogP contribution in [0.2, 0.25) is 0 Å². The molecule has 1 rings (SSSR count). The number of rotatable bonds is 4. The van der Waals surface area contributed by atoms with Crippen LogP contribution in [0.25, 0.3) is 0 Å². The molecule has 8 heteroatoms. The molecule has 0 aromatic carbocycles. The zero-order valence-corrected chi connectivity index (χ0v) is 8.85. The standard InChI is InChI=1S/C6H8N2O4S2/c1-4-2-7-6(13-4)8-14(11,12)3-5(9)10/h2H,3H2,1H3,(H,7,8)(H,9,10). The van der Waals surface area contributed by atoms with E-state index < -0.39 is 21.7 Å². The lowest BCUT2D eigenvalue weighted by atomic mass is 10.7. The van der Waals surface area contributed by atoms with E-state index in [4.69, 9.17) is 5.11 Å². The smallest absolute Gasteiger partial charge is 0.320 e. The molecule has 0 fully saturated rings. The van der Waals surface area contributed by atoms with Gasteiger partial charge in [-0.2, -0.15) is 0 Å². The number of carboxylic acids is 1. The molecule has 0 aliphatic rings. The van der Waals surface area contributed by atoms with Gasteiger partial charge in [-0.15, -0.1) is 11.3 Å². The van der Waals surface area contributed by atoms with Crippen molar-refractivity contribution in [3.8, 4) is 0 Å². The van der Waals surface area contributed by atoms with Gasteiger partial charge in [-0.25, -0.2) is 13.4 Å². The number of nitrogens with zero attached hydrogens (tertiary/aromatic N) is 1. The van der Waals surface area contributed by atoms with Gasteiger partial charge >= 0.3 is 5.97 Å². The Morgan fingerprint density at radius 3 is 2.79 bits per heavy atom. The van der Waals surface area contributed by atoms with Gasteiger partial charge in [0.25, 0.3) is 0 Å². The van der Waals surface area contributed by atoms with Crippen molar-refractivity contribution in [3.05, 3.63) is 11.1 Å². The summed E-state index contributed by atoms with van der Waals surface area (Å²) in [6.07, 6.45) is 1.50. The highest BCUT2D eigenvalue weighted by Crippen LogP contribution is 2.17. The van der Waals surface area contributed by atoms with Crippen molar-refractivity contribution in [2.75, 3.05) is 10.5 Å². The summed E-state index contributed by atoms with van der Waals surface area (Å²) in [7, 11) is -3.82. The van der Waals surface area contributed by atoms with Crippen molar-refractivity contribution in [2.45, 2.75) is 6.92 Å². The molecule has 1 heterocycles. The van der Waals surface area contributed by atoms with Crippen LogP contribution in [-0.2, 0) is 14.8 Å². The Labute approximate surface area is 84.7 Å². The van der Waals surface area contributed by atoms with Crippen LogP contribution in [-0.4, -0.2) is 30.2 Å². The number of nitrogens with one attached hydrogen (secondary N) is 1. The van der Waals surface area contributed by atoms with Crippen molar-refractivity contribution < 1.29 is 18.3 Å². The third kappa shape index (κ3) is 3.30. The quantitative estimate of drug-likeness (QED) is 0.782. The van der Waals surface area contributed by atoms with Crippen LogP contribution < -0.4 is 4.72 Å². The van der Waals surface area contributed by atoms with Crippen molar-refractivity contribution in [2.24, 2.45) is 0 Å². The molecule has 1 aromatic rings.